The lowest BCUT2D eigenvalue weighted by atomic mass is 10.0. The Morgan fingerprint density at radius 2 is 2.05 bits per heavy atom. The number of halogens is 2. The summed E-state index contributed by atoms with van der Waals surface area (Å²) in [6.07, 6.45) is 6.68. The number of hydrogen-bond donors (Lipinski definition) is 1. The third-order valence-corrected chi connectivity index (χ3v) is 5.27. The smallest absolute Gasteiger partial charge is 0.237 e. The molecule has 0 saturated carbocycles. The molecule has 1 aromatic carbocycles. The topological polar surface area (TPSA) is 63.4 Å². The van der Waals surface area contributed by atoms with E-state index in [0.29, 0.717) is 6.07 Å². The van der Waals surface area contributed by atoms with Crippen LogP contribution < -0.4 is 5.14 Å². The monoisotopic (exact) mass is 314 g/mol. The molecule has 21 heavy (non-hydrogen) atoms. The van der Waals surface area contributed by atoms with E-state index in [0.717, 1.165) is 12.1 Å². The van der Waals surface area contributed by atoms with Gasteiger partial charge < -0.3 is 4.90 Å². The molecule has 114 valence electrons. The molecule has 0 aromatic heterocycles. The van der Waals surface area contributed by atoms with Crippen LogP contribution in [0.1, 0.15) is 18.9 Å². The van der Waals surface area contributed by atoms with E-state index in [2.05, 4.69) is 0 Å². The Kier molecular flexibility index (Phi) is 4.15. The van der Waals surface area contributed by atoms with Crippen LogP contribution in [0.15, 0.2) is 42.6 Å². The molecule has 1 aromatic rings. The lowest BCUT2D eigenvalue weighted by molar-refractivity contribution is 0.233. The van der Waals surface area contributed by atoms with Gasteiger partial charge in [0.15, 0.2) is 4.87 Å². The molecule has 1 aliphatic heterocycles. The van der Waals surface area contributed by atoms with Crippen molar-refractivity contribution < 1.29 is 17.2 Å². The maximum Gasteiger partial charge on any atom is 0.237 e. The molecule has 0 amide bonds. The van der Waals surface area contributed by atoms with E-state index in [1.807, 2.05) is 0 Å². The Balaban J connectivity index is 2.71. The predicted octanol–water partition coefficient (Wildman–Crippen LogP) is 2.20. The first-order chi connectivity index (χ1) is 9.83. The summed E-state index contributed by atoms with van der Waals surface area (Å²) in [6, 6.07) is 2.82. The number of benzene rings is 1. The van der Waals surface area contributed by atoms with Gasteiger partial charge in [-0.1, -0.05) is 19.1 Å². The first-order valence-electron chi connectivity index (χ1n) is 6.41. The van der Waals surface area contributed by atoms with Gasteiger partial charge in [0.05, 0.1) is 0 Å². The fourth-order valence-electron chi connectivity index (χ4n) is 2.61. The van der Waals surface area contributed by atoms with Crippen molar-refractivity contribution in [2.75, 3.05) is 6.54 Å². The minimum absolute atomic E-state index is 0.0204. The van der Waals surface area contributed by atoms with Gasteiger partial charge in [0.25, 0.3) is 0 Å². The summed E-state index contributed by atoms with van der Waals surface area (Å²) in [4.78, 5) is -0.329. The quantitative estimate of drug-likeness (QED) is 0.926. The highest BCUT2D eigenvalue weighted by molar-refractivity contribution is 7.90. The lowest BCUT2D eigenvalue weighted by Crippen LogP contribution is -2.53. The molecule has 1 unspecified atom stereocenters. The van der Waals surface area contributed by atoms with Crippen LogP contribution in [0.25, 0.3) is 0 Å². The highest BCUT2D eigenvalue weighted by Crippen LogP contribution is 2.38. The Morgan fingerprint density at radius 3 is 2.52 bits per heavy atom. The van der Waals surface area contributed by atoms with Gasteiger partial charge in [-0.2, -0.15) is 0 Å². The average Bonchev–Trinajstić information content (AvgIpc) is 2.42. The van der Waals surface area contributed by atoms with Crippen LogP contribution in [0, 0.1) is 11.6 Å². The van der Waals surface area contributed by atoms with Crippen LogP contribution in [0.5, 0.6) is 0 Å². The van der Waals surface area contributed by atoms with E-state index < -0.39 is 26.5 Å². The molecular formula is C14H16F2N2O2S. The summed E-state index contributed by atoms with van der Waals surface area (Å²) in [5, 5.41) is 5.41. The Hall–Kier alpha value is -1.73. The maximum absolute atomic E-state index is 14.2. The van der Waals surface area contributed by atoms with Crippen LogP contribution >= 0.6 is 0 Å². The zero-order valence-corrected chi connectivity index (χ0v) is 12.3. The number of hydrogen-bond acceptors (Lipinski definition) is 3. The standard InChI is InChI=1S/C14H16F2N2O2S/c1-2-14(21(17,19)20,18-8-4-3-5-9-18)12-7-6-11(15)10-13(12)16/h3-8,10H,2,9H2,1H3,(H2,17,19,20). The van der Waals surface area contributed by atoms with E-state index in [4.69, 9.17) is 5.14 Å². The summed E-state index contributed by atoms with van der Waals surface area (Å²) >= 11 is 0. The number of allylic oxidation sites excluding steroid dienone is 2. The lowest BCUT2D eigenvalue weighted by Gasteiger charge is -2.41. The first kappa shape index (κ1) is 15.7. The first-order valence-corrected chi connectivity index (χ1v) is 7.95. The Morgan fingerprint density at radius 1 is 1.33 bits per heavy atom. The van der Waals surface area contributed by atoms with Gasteiger partial charge >= 0.3 is 0 Å². The average molecular weight is 314 g/mol. The molecule has 2 N–H and O–H groups in total. The van der Waals surface area contributed by atoms with Crippen molar-refractivity contribution in [2.45, 2.75) is 18.2 Å². The maximum atomic E-state index is 14.2. The summed E-state index contributed by atoms with van der Waals surface area (Å²) in [5.41, 5.74) is -0.158. The van der Waals surface area contributed by atoms with Crippen LogP contribution in [-0.2, 0) is 14.9 Å². The van der Waals surface area contributed by atoms with E-state index in [1.54, 1.807) is 25.2 Å². The van der Waals surface area contributed by atoms with Gasteiger partial charge in [-0.3, -0.25) is 0 Å². The molecule has 0 fully saturated rings. The van der Waals surface area contributed by atoms with Crippen molar-refractivity contribution in [1.82, 2.24) is 4.90 Å². The minimum Gasteiger partial charge on any atom is -0.350 e. The third kappa shape index (κ3) is 2.58. The number of nitrogens with two attached hydrogens (primary N) is 1. The highest BCUT2D eigenvalue weighted by Gasteiger charge is 2.48. The van der Waals surface area contributed by atoms with Gasteiger partial charge in [-0.25, -0.2) is 22.3 Å². The minimum atomic E-state index is -4.19. The van der Waals surface area contributed by atoms with Crippen molar-refractivity contribution in [3.8, 4) is 0 Å². The molecule has 1 atom stereocenters. The van der Waals surface area contributed by atoms with Crippen LogP contribution in [0.3, 0.4) is 0 Å². The van der Waals surface area contributed by atoms with Crippen LogP contribution in [0.4, 0.5) is 8.78 Å². The number of rotatable bonds is 4. The molecule has 0 radical (unpaired) electrons. The summed E-state index contributed by atoms with van der Waals surface area (Å²) in [7, 11) is -4.19. The van der Waals surface area contributed by atoms with Gasteiger partial charge in [0, 0.05) is 24.4 Å². The third-order valence-electron chi connectivity index (χ3n) is 3.58. The van der Waals surface area contributed by atoms with E-state index in [9.17, 15) is 17.2 Å². The highest BCUT2D eigenvalue weighted by atomic mass is 32.2. The van der Waals surface area contributed by atoms with E-state index >= 15 is 0 Å². The van der Waals surface area contributed by atoms with Gasteiger partial charge in [0.2, 0.25) is 10.0 Å². The van der Waals surface area contributed by atoms with Crippen molar-refractivity contribution in [3.63, 3.8) is 0 Å². The molecule has 1 heterocycles. The predicted molar refractivity (Wildman–Crippen MR) is 76.4 cm³/mol. The van der Waals surface area contributed by atoms with Crippen LogP contribution in [0.2, 0.25) is 0 Å². The number of nitrogens with zero attached hydrogens (tertiary/aromatic N) is 1. The zero-order chi connectivity index (χ0) is 15.7. The summed E-state index contributed by atoms with van der Waals surface area (Å²) < 4.78 is 51.8. The molecule has 4 nitrogen and oxygen atoms in total. The van der Waals surface area contributed by atoms with Gasteiger partial charge in [-0.05, 0) is 24.6 Å². The molecule has 0 aliphatic carbocycles. The number of primary sulfonamides is 1. The second kappa shape index (κ2) is 5.57. The zero-order valence-electron chi connectivity index (χ0n) is 11.5. The molecule has 0 spiro atoms. The molecule has 0 saturated heterocycles. The van der Waals surface area contributed by atoms with Gasteiger partial charge in [-0.15, -0.1) is 0 Å². The summed E-state index contributed by atoms with van der Waals surface area (Å²) in [5.74, 6) is -1.71. The molecular weight excluding hydrogens is 298 g/mol. The van der Waals surface area contributed by atoms with E-state index in [-0.39, 0.29) is 18.5 Å². The van der Waals surface area contributed by atoms with Gasteiger partial charge in [0.1, 0.15) is 11.6 Å². The largest absolute Gasteiger partial charge is 0.350 e. The normalized spacial score (nSPS) is 17.8. The molecule has 0 bridgehead atoms. The Bertz CT molecular complexity index is 701. The summed E-state index contributed by atoms with van der Waals surface area (Å²) in [6.45, 7) is 1.86. The fraction of sp³-hybridized carbons (Fsp3) is 0.286. The van der Waals surface area contributed by atoms with E-state index in [1.165, 1.54) is 11.1 Å². The molecule has 7 heteroatoms. The second-order valence-corrected chi connectivity index (χ2v) is 6.49. The fourth-order valence-corrected chi connectivity index (χ4v) is 3.94. The molecule has 2 rings (SSSR count). The second-order valence-electron chi connectivity index (χ2n) is 4.73. The van der Waals surface area contributed by atoms with Crippen molar-refractivity contribution in [2.24, 2.45) is 5.14 Å². The van der Waals surface area contributed by atoms with Crippen molar-refractivity contribution in [1.29, 1.82) is 0 Å². The molecule has 1 aliphatic rings. The number of sulfonamides is 1. The van der Waals surface area contributed by atoms with Crippen LogP contribution in [-0.4, -0.2) is 19.9 Å². The van der Waals surface area contributed by atoms with Crippen molar-refractivity contribution >= 4 is 10.0 Å². The van der Waals surface area contributed by atoms with Crippen molar-refractivity contribution in [3.05, 3.63) is 59.8 Å². The Labute approximate surface area is 122 Å². The SMILES string of the molecule is CCC(c1ccc(F)cc1F)(N1C=CC=CC1)S(N)(=O)=O.